The number of nitrogens with zero attached hydrogens (tertiary/aromatic N) is 1. The fourth-order valence-corrected chi connectivity index (χ4v) is 3.28. The lowest BCUT2D eigenvalue weighted by Crippen LogP contribution is -2.45. The van der Waals surface area contributed by atoms with E-state index in [-0.39, 0.29) is 23.6 Å². The summed E-state index contributed by atoms with van der Waals surface area (Å²) in [5.74, 6) is -1.72. The molecular weight excluding hydrogens is 376 g/mol. The highest BCUT2D eigenvalue weighted by Crippen LogP contribution is 2.22. The van der Waals surface area contributed by atoms with Crippen LogP contribution in [0.5, 0.6) is 0 Å². The number of carbonyl (C=O) groups is 1. The molecule has 154 valence electrons. The molecule has 0 aliphatic carbocycles. The molecule has 29 heavy (non-hydrogen) atoms. The number of hydrogen-bond acceptors (Lipinski definition) is 4. The number of ether oxygens (including phenoxy) is 1. The molecule has 2 aromatic carbocycles. The summed E-state index contributed by atoms with van der Waals surface area (Å²) in [7, 11) is 0. The molecule has 1 heterocycles. The summed E-state index contributed by atoms with van der Waals surface area (Å²) in [5.41, 5.74) is 8.01. The smallest absolute Gasteiger partial charge is 0.244 e. The van der Waals surface area contributed by atoms with E-state index in [1.165, 1.54) is 12.2 Å². The number of benzene rings is 2. The van der Waals surface area contributed by atoms with Gasteiger partial charge in [-0.3, -0.25) is 4.79 Å². The molecule has 0 aromatic heterocycles. The minimum absolute atomic E-state index is 0.0160. The Labute approximate surface area is 169 Å². The molecule has 0 radical (unpaired) electrons. The lowest BCUT2D eigenvalue weighted by molar-refractivity contribution is -0.117. The second-order valence-electron chi connectivity index (χ2n) is 7.04. The molecule has 2 aromatic rings. The zero-order valence-electron chi connectivity index (χ0n) is 16.3. The quantitative estimate of drug-likeness (QED) is 0.731. The summed E-state index contributed by atoms with van der Waals surface area (Å²) in [6.07, 6.45) is 2.66. The first-order valence-electron chi connectivity index (χ1n) is 9.56. The summed E-state index contributed by atoms with van der Waals surface area (Å²) >= 11 is 0. The third-order valence-electron chi connectivity index (χ3n) is 4.81. The van der Waals surface area contributed by atoms with Gasteiger partial charge in [0.2, 0.25) is 5.91 Å². The standard InChI is InChI=1S/C22H25F2N3O2/c1-15(26-22(28)6-5-16-9-18(23)12-19(24)10-16)17-3-2-4-20(11-17)27-7-8-29-21(13-25)14-27/h2-6,9-12,15,21H,7-8,13-14,25H2,1H3,(H,26,28)/t15-,21?/m1/s1. The van der Waals surface area contributed by atoms with Crippen LogP contribution < -0.4 is 16.0 Å². The summed E-state index contributed by atoms with van der Waals surface area (Å²) in [6, 6.07) is 10.8. The van der Waals surface area contributed by atoms with Gasteiger partial charge in [0.15, 0.2) is 0 Å². The minimum atomic E-state index is -0.685. The zero-order chi connectivity index (χ0) is 20.8. The molecule has 0 bridgehead atoms. The second-order valence-corrected chi connectivity index (χ2v) is 7.04. The van der Waals surface area contributed by atoms with Crippen molar-refractivity contribution in [2.24, 2.45) is 5.73 Å². The molecule has 1 aliphatic rings. The Bertz CT molecular complexity index is 868. The first-order chi connectivity index (χ1) is 13.9. The predicted molar refractivity (Wildman–Crippen MR) is 109 cm³/mol. The minimum Gasteiger partial charge on any atom is -0.373 e. The molecular formula is C22H25F2N3O2. The van der Waals surface area contributed by atoms with Crippen LogP contribution in [0.1, 0.15) is 24.1 Å². The zero-order valence-corrected chi connectivity index (χ0v) is 16.3. The number of halogens is 2. The SMILES string of the molecule is C[C@@H](NC(=O)C=Cc1cc(F)cc(F)c1)c1cccc(N2CCOC(CN)C2)c1. The van der Waals surface area contributed by atoms with Gasteiger partial charge in [0.25, 0.3) is 0 Å². The maximum absolute atomic E-state index is 13.2. The van der Waals surface area contributed by atoms with E-state index >= 15 is 0 Å². The van der Waals surface area contributed by atoms with Gasteiger partial charge in [0.1, 0.15) is 11.6 Å². The molecule has 1 amide bonds. The highest BCUT2D eigenvalue weighted by atomic mass is 19.1. The fourth-order valence-electron chi connectivity index (χ4n) is 3.28. The summed E-state index contributed by atoms with van der Waals surface area (Å²) < 4.78 is 32.1. The van der Waals surface area contributed by atoms with E-state index in [1.54, 1.807) is 0 Å². The molecule has 0 spiro atoms. The Morgan fingerprint density at radius 3 is 2.79 bits per heavy atom. The van der Waals surface area contributed by atoms with Gasteiger partial charge in [0, 0.05) is 37.5 Å². The molecule has 1 saturated heterocycles. The Kier molecular flexibility index (Phi) is 6.95. The van der Waals surface area contributed by atoms with Gasteiger partial charge in [0.05, 0.1) is 18.8 Å². The number of rotatable bonds is 6. The van der Waals surface area contributed by atoms with Crippen molar-refractivity contribution in [1.82, 2.24) is 5.32 Å². The second kappa shape index (κ2) is 9.62. The molecule has 1 aliphatic heterocycles. The van der Waals surface area contributed by atoms with Crippen molar-refractivity contribution in [3.05, 3.63) is 71.3 Å². The monoisotopic (exact) mass is 401 g/mol. The molecule has 1 fully saturated rings. The summed E-state index contributed by atoms with van der Waals surface area (Å²) in [4.78, 5) is 14.4. The topological polar surface area (TPSA) is 67.6 Å². The van der Waals surface area contributed by atoms with Crippen molar-refractivity contribution in [2.75, 3.05) is 31.1 Å². The summed E-state index contributed by atoms with van der Waals surface area (Å²) in [6.45, 7) is 4.50. The van der Waals surface area contributed by atoms with Crippen molar-refractivity contribution >= 4 is 17.7 Å². The number of nitrogens with one attached hydrogen (secondary N) is 1. The molecule has 3 rings (SSSR count). The average Bonchev–Trinajstić information content (AvgIpc) is 2.71. The fraction of sp³-hybridized carbons (Fsp3) is 0.318. The van der Waals surface area contributed by atoms with Crippen molar-refractivity contribution in [3.8, 4) is 0 Å². The van der Waals surface area contributed by atoms with E-state index < -0.39 is 11.6 Å². The highest BCUT2D eigenvalue weighted by Gasteiger charge is 2.20. The van der Waals surface area contributed by atoms with E-state index in [0.717, 1.165) is 42.5 Å². The lowest BCUT2D eigenvalue weighted by atomic mass is 10.1. The van der Waals surface area contributed by atoms with E-state index in [1.807, 2.05) is 31.2 Å². The average molecular weight is 401 g/mol. The van der Waals surface area contributed by atoms with Gasteiger partial charge in [-0.2, -0.15) is 0 Å². The van der Waals surface area contributed by atoms with Gasteiger partial charge >= 0.3 is 0 Å². The molecule has 7 heteroatoms. The van der Waals surface area contributed by atoms with Crippen molar-refractivity contribution in [3.63, 3.8) is 0 Å². The van der Waals surface area contributed by atoms with Gasteiger partial charge in [-0.1, -0.05) is 12.1 Å². The third-order valence-corrected chi connectivity index (χ3v) is 4.81. The Morgan fingerprint density at radius 1 is 1.31 bits per heavy atom. The van der Waals surface area contributed by atoms with Gasteiger partial charge in [-0.05, 0) is 48.4 Å². The number of morpholine rings is 1. The van der Waals surface area contributed by atoms with E-state index in [0.29, 0.717) is 13.2 Å². The van der Waals surface area contributed by atoms with E-state index in [4.69, 9.17) is 10.5 Å². The van der Waals surface area contributed by atoms with Crippen LogP contribution in [0.4, 0.5) is 14.5 Å². The number of amides is 1. The van der Waals surface area contributed by atoms with Crippen LogP contribution in [0.2, 0.25) is 0 Å². The van der Waals surface area contributed by atoms with Gasteiger partial charge < -0.3 is 20.7 Å². The lowest BCUT2D eigenvalue weighted by Gasteiger charge is -2.34. The molecule has 0 saturated carbocycles. The van der Waals surface area contributed by atoms with Crippen LogP contribution in [-0.4, -0.2) is 38.3 Å². The van der Waals surface area contributed by atoms with Crippen LogP contribution in [0, 0.1) is 11.6 Å². The molecule has 1 unspecified atom stereocenters. The largest absolute Gasteiger partial charge is 0.373 e. The maximum atomic E-state index is 13.2. The van der Waals surface area contributed by atoms with Crippen molar-refractivity contribution in [2.45, 2.75) is 19.1 Å². The molecule has 5 nitrogen and oxygen atoms in total. The number of nitrogens with two attached hydrogens (primary N) is 1. The first kappa shape index (κ1) is 21.0. The normalized spacial score (nSPS) is 18.1. The number of anilines is 1. The van der Waals surface area contributed by atoms with Crippen LogP contribution in [0.15, 0.2) is 48.5 Å². The Hall–Kier alpha value is -2.77. The number of carbonyl (C=O) groups excluding carboxylic acids is 1. The van der Waals surface area contributed by atoms with E-state index in [9.17, 15) is 13.6 Å². The van der Waals surface area contributed by atoms with Crippen LogP contribution in [-0.2, 0) is 9.53 Å². The Morgan fingerprint density at radius 2 is 2.07 bits per heavy atom. The Balaban J connectivity index is 1.63. The van der Waals surface area contributed by atoms with Crippen LogP contribution in [0.25, 0.3) is 6.08 Å². The van der Waals surface area contributed by atoms with Crippen LogP contribution in [0.3, 0.4) is 0 Å². The molecule has 3 N–H and O–H groups in total. The van der Waals surface area contributed by atoms with Crippen molar-refractivity contribution < 1.29 is 18.3 Å². The molecule has 2 atom stereocenters. The first-order valence-corrected chi connectivity index (χ1v) is 9.56. The van der Waals surface area contributed by atoms with E-state index in [2.05, 4.69) is 10.2 Å². The third kappa shape index (κ3) is 5.85. The van der Waals surface area contributed by atoms with Gasteiger partial charge in [-0.15, -0.1) is 0 Å². The predicted octanol–water partition coefficient (Wildman–Crippen LogP) is 3.02. The number of hydrogen-bond donors (Lipinski definition) is 2. The summed E-state index contributed by atoms with van der Waals surface area (Å²) in [5, 5.41) is 2.87. The van der Waals surface area contributed by atoms with Crippen LogP contribution >= 0.6 is 0 Å². The maximum Gasteiger partial charge on any atom is 0.244 e. The highest BCUT2D eigenvalue weighted by molar-refractivity contribution is 5.92. The van der Waals surface area contributed by atoms with Crippen molar-refractivity contribution in [1.29, 1.82) is 0 Å². The van der Waals surface area contributed by atoms with Gasteiger partial charge in [-0.25, -0.2) is 8.78 Å².